The quantitative estimate of drug-likeness (QED) is 0.798. The molecule has 0 bridgehead atoms. The lowest BCUT2D eigenvalue weighted by molar-refractivity contribution is 0.399. The van der Waals surface area contributed by atoms with Crippen LogP contribution in [0.15, 0.2) is 21.6 Å². The summed E-state index contributed by atoms with van der Waals surface area (Å²) in [5.74, 6) is 1.16. The Morgan fingerprint density at radius 1 is 1.37 bits per heavy atom. The van der Waals surface area contributed by atoms with E-state index in [0.29, 0.717) is 24.3 Å². The lowest BCUT2D eigenvalue weighted by Gasteiger charge is -2.03. The minimum absolute atomic E-state index is 0.0295. The summed E-state index contributed by atoms with van der Waals surface area (Å²) in [6, 6.07) is 3.94. The number of rotatable bonds is 7. The van der Waals surface area contributed by atoms with Crippen LogP contribution in [0, 0.1) is 5.92 Å². The van der Waals surface area contributed by atoms with Crippen molar-refractivity contribution in [3.05, 3.63) is 17.9 Å². The molecule has 106 valence electrons. The number of sulfonamides is 1. The van der Waals surface area contributed by atoms with E-state index < -0.39 is 10.0 Å². The predicted molar refractivity (Wildman–Crippen MR) is 71.1 cm³/mol. The monoisotopic (exact) mass is 284 g/mol. The first-order valence-electron chi connectivity index (χ1n) is 6.93. The highest BCUT2D eigenvalue weighted by Crippen LogP contribution is 2.34. The molecule has 1 heterocycles. The van der Waals surface area contributed by atoms with Crippen molar-refractivity contribution in [2.45, 2.75) is 56.3 Å². The molecule has 2 saturated carbocycles. The maximum atomic E-state index is 12.1. The van der Waals surface area contributed by atoms with Crippen molar-refractivity contribution in [1.82, 2.24) is 10.0 Å². The Morgan fingerprint density at radius 3 is 2.79 bits per heavy atom. The van der Waals surface area contributed by atoms with Crippen LogP contribution >= 0.6 is 0 Å². The maximum Gasteiger partial charge on any atom is 0.274 e. The van der Waals surface area contributed by atoms with Gasteiger partial charge in [0, 0.05) is 12.1 Å². The number of furan rings is 1. The van der Waals surface area contributed by atoms with Crippen molar-refractivity contribution in [3.63, 3.8) is 0 Å². The zero-order valence-corrected chi connectivity index (χ0v) is 11.9. The first-order valence-corrected chi connectivity index (χ1v) is 8.41. The van der Waals surface area contributed by atoms with Gasteiger partial charge < -0.3 is 9.73 Å². The topological polar surface area (TPSA) is 71.3 Å². The standard InChI is InChI=1S/C13H20N2O3S/c1-2-9-7-12(9)15-19(16,17)13-6-5-11(18-13)8-14-10-3-4-10/h5-6,9-10,12,14-15H,2-4,7-8H2,1H3. The van der Waals surface area contributed by atoms with Crippen molar-refractivity contribution in [2.24, 2.45) is 5.92 Å². The molecule has 0 radical (unpaired) electrons. The molecule has 0 aliphatic heterocycles. The van der Waals surface area contributed by atoms with E-state index in [4.69, 9.17) is 4.42 Å². The second-order valence-corrected chi connectivity index (χ2v) is 7.15. The molecular weight excluding hydrogens is 264 g/mol. The van der Waals surface area contributed by atoms with Gasteiger partial charge in [-0.25, -0.2) is 13.1 Å². The van der Waals surface area contributed by atoms with Crippen LogP contribution < -0.4 is 10.0 Å². The molecule has 0 amide bonds. The summed E-state index contributed by atoms with van der Waals surface area (Å²) in [6.45, 7) is 2.68. The molecular formula is C13H20N2O3S. The predicted octanol–water partition coefficient (Wildman–Crippen LogP) is 1.61. The van der Waals surface area contributed by atoms with Crippen LogP contribution in [-0.2, 0) is 16.6 Å². The summed E-state index contributed by atoms with van der Waals surface area (Å²) in [7, 11) is -3.49. The fraction of sp³-hybridized carbons (Fsp3) is 0.692. The molecule has 0 aromatic carbocycles. The molecule has 5 nitrogen and oxygen atoms in total. The molecule has 2 atom stereocenters. The van der Waals surface area contributed by atoms with Gasteiger partial charge in [-0.3, -0.25) is 0 Å². The van der Waals surface area contributed by atoms with E-state index in [-0.39, 0.29) is 11.1 Å². The molecule has 19 heavy (non-hydrogen) atoms. The normalized spacial score (nSPS) is 26.6. The minimum atomic E-state index is -3.49. The maximum absolute atomic E-state index is 12.1. The average Bonchev–Trinajstić information content (AvgIpc) is 3.27. The highest BCUT2D eigenvalue weighted by atomic mass is 32.2. The molecule has 1 aromatic rings. The Bertz CT molecular complexity index is 548. The van der Waals surface area contributed by atoms with E-state index >= 15 is 0 Å². The Kier molecular flexibility index (Phi) is 3.41. The second kappa shape index (κ2) is 4.92. The molecule has 0 saturated heterocycles. The van der Waals surface area contributed by atoms with Crippen LogP contribution in [0.4, 0.5) is 0 Å². The Labute approximate surface area is 113 Å². The molecule has 2 fully saturated rings. The number of hydrogen-bond donors (Lipinski definition) is 2. The van der Waals surface area contributed by atoms with Gasteiger partial charge in [0.1, 0.15) is 5.76 Å². The van der Waals surface area contributed by atoms with Crippen LogP contribution in [0.25, 0.3) is 0 Å². The van der Waals surface area contributed by atoms with Crippen molar-refractivity contribution in [2.75, 3.05) is 0 Å². The zero-order valence-electron chi connectivity index (χ0n) is 11.1. The molecule has 1 aromatic heterocycles. The lowest BCUT2D eigenvalue weighted by atomic mass is 10.3. The fourth-order valence-corrected chi connectivity index (χ4v) is 3.50. The molecule has 0 spiro atoms. The van der Waals surface area contributed by atoms with E-state index in [2.05, 4.69) is 17.0 Å². The Morgan fingerprint density at radius 2 is 2.16 bits per heavy atom. The smallest absolute Gasteiger partial charge is 0.274 e. The minimum Gasteiger partial charge on any atom is -0.447 e. The van der Waals surface area contributed by atoms with Crippen molar-refractivity contribution >= 4 is 10.0 Å². The summed E-state index contributed by atoms with van der Waals surface area (Å²) in [6.07, 6.45) is 4.36. The van der Waals surface area contributed by atoms with Crippen LogP contribution in [0.3, 0.4) is 0 Å². The van der Waals surface area contributed by atoms with Gasteiger partial charge in [-0.15, -0.1) is 0 Å². The van der Waals surface area contributed by atoms with E-state index in [1.54, 1.807) is 6.07 Å². The highest BCUT2D eigenvalue weighted by molar-refractivity contribution is 7.89. The van der Waals surface area contributed by atoms with E-state index in [1.807, 2.05) is 0 Å². The summed E-state index contributed by atoms with van der Waals surface area (Å²) >= 11 is 0. The van der Waals surface area contributed by atoms with Gasteiger partial charge in [-0.2, -0.15) is 0 Å². The van der Waals surface area contributed by atoms with Gasteiger partial charge in [-0.05, 0) is 37.3 Å². The van der Waals surface area contributed by atoms with Gasteiger partial charge in [0.2, 0.25) is 5.09 Å². The second-order valence-electron chi connectivity index (χ2n) is 5.51. The molecule has 6 heteroatoms. The van der Waals surface area contributed by atoms with E-state index in [9.17, 15) is 8.42 Å². The van der Waals surface area contributed by atoms with Gasteiger partial charge in [0.25, 0.3) is 10.0 Å². The van der Waals surface area contributed by atoms with E-state index in [0.717, 1.165) is 12.8 Å². The van der Waals surface area contributed by atoms with Crippen LogP contribution in [0.5, 0.6) is 0 Å². The molecule has 2 aliphatic rings. The Balaban J connectivity index is 1.60. The summed E-state index contributed by atoms with van der Waals surface area (Å²) in [4.78, 5) is 0. The first kappa shape index (κ1) is 13.1. The van der Waals surface area contributed by atoms with Crippen LogP contribution in [-0.4, -0.2) is 20.5 Å². The van der Waals surface area contributed by atoms with Gasteiger partial charge in [0.15, 0.2) is 0 Å². The average molecular weight is 284 g/mol. The van der Waals surface area contributed by atoms with Gasteiger partial charge >= 0.3 is 0 Å². The first-order chi connectivity index (χ1) is 9.08. The third-order valence-corrected chi connectivity index (χ3v) is 5.16. The number of nitrogens with one attached hydrogen (secondary N) is 2. The third-order valence-electron chi connectivity index (χ3n) is 3.80. The largest absolute Gasteiger partial charge is 0.447 e. The molecule has 2 unspecified atom stereocenters. The highest BCUT2D eigenvalue weighted by Gasteiger charge is 2.39. The SMILES string of the molecule is CCC1CC1NS(=O)(=O)c1ccc(CNC2CC2)o1. The third kappa shape index (κ3) is 3.19. The molecule has 3 rings (SSSR count). The summed E-state index contributed by atoms with van der Waals surface area (Å²) in [5.41, 5.74) is 0. The van der Waals surface area contributed by atoms with Crippen molar-refractivity contribution in [1.29, 1.82) is 0 Å². The molecule has 2 aliphatic carbocycles. The van der Waals surface area contributed by atoms with Crippen molar-refractivity contribution < 1.29 is 12.8 Å². The Hall–Kier alpha value is -0.850. The van der Waals surface area contributed by atoms with Gasteiger partial charge in [0.05, 0.1) is 6.54 Å². The van der Waals surface area contributed by atoms with E-state index in [1.165, 1.54) is 18.9 Å². The summed E-state index contributed by atoms with van der Waals surface area (Å²) < 4.78 is 32.3. The van der Waals surface area contributed by atoms with Crippen LogP contribution in [0.1, 0.15) is 38.4 Å². The molecule has 2 N–H and O–H groups in total. The zero-order chi connectivity index (χ0) is 13.5. The summed E-state index contributed by atoms with van der Waals surface area (Å²) in [5, 5.41) is 3.33. The lowest BCUT2D eigenvalue weighted by Crippen LogP contribution is -2.26. The van der Waals surface area contributed by atoms with Crippen LogP contribution in [0.2, 0.25) is 0 Å². The fourth-order valence-electron chi connectivity index (χ4n) is 2.23. The number of hydrogen-bond acceptors (Lipinski definition) is 4. The van der Waals surface area contributed by atoms with Crippen molar-refractivity contribution in [3.8, 4) is 0 Å². The van der Waals surface area contributed by atoms with Gasteiger partial charge in [-0.1, -0.05) is 13.3 Å².